The van der Waals surface area contributed by atoms with Crippen LogP contribution in [0.2, 0.25) is 0 Å². The van der Waals surface area contributed by atoms with Gasteiger partial charge in [-0.05, 0) is 37.3 Å². The van der Waals surface area contributed by atoms with Gasteiger partial charge < -0.3 is 9.39 Å². The molecule has 2 aromatic rings. The Kier molecular flexibility index (Phi) is 4.64. The van der Waals surface area contributed by atoms with Gasteiger partial charge >= 0.3 is 10.1 Å². The van der Waals surface area contributed by atoms with Gasteiger partial charge in [0.2, 0.25) is 0 Å². The van der Waals surface area contributed by atoms with E-state index in [-0.39, 0.29) is 10.6 Å². The van der Waals surface area contributed by atoms with Crippen molar-refractivity contribution in [1.82, 2.24) is 0 Å². The maximum atomic E-state index is 12.2. The average molecular weight is 370 g/mol. The van der Waals surface area contributed by atoms with E-state index in [2.05, 4.69) is 21.1 Å². The smallest absolute Gasteiger partial charge is 0.339 e. The third-order valence-corrected chi connectivity index (χ3v) is 4.42. The highest BCUT2D eigenvalue weighted by atomic mass is 79.9. The Balaban J connectivity index is 2.39. The van der Waals surface area contributed by atoms with Gasteiger partial charge in [-0.15, -0.1) is 0 Å². The van der Waals surface area contributed by atoms with E-state index < -0.39 is 10.1 Å². The van der Waals surface area contributed by atoms with Crippen LogP contribution in [0.15, 0.2) is 57.0 Å². The van der Waals surface area contributed by atoms with Gasteiger partial charge in [-0.1, -0.05) is 38.8 Å². The number of aryl methyl sites for hydroxylation is 1. The maximum Gasteiger partial charge on any atom is 0.339 e. The third kappa shape index (κ3) is 3.83. The molecule has 0 aliphatic carbocycles. The highest BCUT2D eigenvalue weighted by molar-refractivity contribution is 9.10. The van der Waals surface area contributed by atoms with Gasteiger partial charge in [0.15, 0.2) is 5.75 Å². The van der Waals surface area contributed by atoms with Crippen LogP contribution in [0.25, 0.3) is 0 Å². The van der Waals surface area contributed by atoms with E-state index in [4.69, 9.17) is 9.39 Å². The lowest BCUT2D eigenvalue weighted by atomic mass is 10.2. The molecule has 1 N–H and O–H groups in total. The van der Waals surface area contributed by atoms with Crippen molar-refractivity contribution in [2.45, 2.75) is 11.8 Å². The van der Waals surface area contributed by atoms with Crippen LogP contribution in [0.3, 0.4) is 0 Å². The third-order valence-electron chi connectivity index (χ3n) is 2.68. The first-order chi connectivity index (χ1) is 9.92. The van der Waals surface area contributed by atoms with E-state index in [0.29, 0.717) is 10.0 Å². The van der Waals surface area contributed by atoms with Gasteiger partial charge in [0.05, 0.1) is 6.21 Å². The first-order valence-electron chi connectivity index (χ1n) is 5.90. The van der Waals surface area contributed by atoms with Gasteiger partial charge in [0, 0.05) is 10.0 Å². The number of hydrogen-bond acceptors (Lipinski definition) is 5. The first kappa shape index (κ1) is 15.5. The van der Waals surface area contributed by atoms with Gasteiger partial charge in [0.1, 0.15) is 4.90 Å². The molecule has 0 bridgehead atoms. The molecule has 0 spiro atoms. The fraction of sp³-hybridized carbons (Fsp3) is 0.0714. The van der Waals surface area contributed by atoms with E-state index in [1.165, 1.54) is 18.2 Å². The Morgan fingerprint density at radius 1 is 1.19 bits per heavy atom. The van der Waals surface area contributed by atoms with Crippen LogP contribution < -0.4 is 4.18 Å². The fourth-order valence-electron chi connectivity index (χ4n) is 1.63. The monoisotopic (exact) mass is 369 g/mol. The zero-order chi connectivity index (χ0) is 15.5. The molecule has 0 heterocycles. The quantitative estimate of drug-likeness (QED) is 0.388. The van der Waals surface area contributed by atoms with Gasteiger partial charge in [-0.25, -0.2) is 0 Å². The first-order valence-corrected chi connectivity index (χ1v) is 8.10. The molecule has 0 atom stereocenters. The molecule has 0 fully saturated rings. The van der Waals surface area contributed by atoms with Crippen molar-refractivity contribution in [3.05, 3.63) is 58.1 Å². The Morgan fingerprint density at radius 3 is 2.48 bits per heavy atom. The number of hydrogen-bond donors (Lipinski definition) is 1. The standard InChI is InChI=1S/C14H12BrNO4S/c1-10-2-5-13(6-3-10)21(18,19)20-14-7-4-12(15)8-11(14)9-16-17/h2-9,17H,1H3/b16-9-. The van der Waals surface area contributed by atoms with E-state index in [1.807, 2.05) is 6.92 Å². The van der Waals surface area contributed by atoms with Crippen LogP contribution in [0, 0.1) is 6.92 Å². The minimum Gasteiger partial charge on any atom is -0.411 e. The van der Waals surface area contributed by atoms with Crippen LogP contribution in [-0.2, 0) is 10.1 Å². The summed E-state index contributed by atoms with van der Waals surface area (Å²) in [6.45, 7) is 1.86. The van der Waals surface area contributed by atoms with Crippen molar-refractivity contribution in [1.29, 1.82) is 0 Å². The normalized spacial score (nSPS) is 11.7. The van der Waals surface area contributed by atoms with Crippen molar-refractivity contribution < 1.29 is 17.8 Å². The van der Waals surface area contributed by atoms with Crippen LogP contribution in [0.1, 0.15) is 11.1 Å². The summed E-state index contributed by atoms with van der Waals surface area (Å²) >= 11 is 3.25. The van der Waals surface area contributed by atoms with E-state index in [0.717, 1.165) is 11.8 Å². The number of rotatable bonds is 4. The molecule has 0 aliphatic rings. The second kappa shape index (κ2) is 6.28. The van der Waals surface area contributed by atoms with Gasteiger partial charge in [-0.2, -0.15) is 8.42 Å². The number of halogens is 1. The number of oxime groups is 1. The highest BCUT2D eigenvalue weighted by Crippen LogP contribution is 2.25. The summed E-state index contributed by atoms with van der Waals surface area (Å²) in [5.41, 5.74) is 1.29. The fourth-order valence-corrected chi connectivity index (χ4v) is 2.96. The van der Waals surface area contributed by atoms with E-state index >= 15 is 0 Å². The van der Waals surface area contributed by atoms with Crippen LogP contribution in [0.4, 0.5) is 0 Å². The highest BCUT2D eigenvalue weighted by Gasteiger charge is 2.18. The van der Waals surface area contributed by atoms with E-state index in [9.17, 15) is 8.42 Å². The van der Waals surface area contributed by atoms with Crippen LogP contribution in [0.5, 0.6) is 5.75 Å². The molecule has 2 aromatic carbocycles. The van der Waals surface area contributed by atoms with Crippen molar-refractivity contribution in [3.8, 4) is 5.75 Å². The molecule has 21 heavy (non-hydrogen) atoms. The molecule has 0 radical (unpaired) electrons. The van der Waals surface area contributed by atoms with E-state index in [1.54, 1.807) is 24.3 Å². The lowest BCUT2D eigenvalue weighted by Gasteiger charge is -2.09. The number of benzene rings is 2. The Morgan fingerprint density at radius 2 is 1.86 bits per heavy atom. The van der Waals surface area contributed by atoms with Gasteiger partial charge in [0.25, 0.3) is 0 Å². The molecule has 0 unspecified atom stereocenters. The Labute approximate surface area is 131 Å². The summed E-state index contributed by atoms with van der Waals surface area (Å²) in [7, 11) is -3.94. The number of nitrogens with zero attached hydrogens (tertiary/aromatic N) is 1. The predicted molar refractivity (Wildman–Crippen MR) is 82.5 cm³/mol. The van der Waals surface area contributed by atoms with Gasteiger partial charge in [-0.3, -0.25) is 0 Å². The molecular formula is C14H12BrNO4S. The SMILES string of the molecule is Cc1ccc(S(=O)(=O)Oc2ccc(Br)cc2/C=N\O)cc1. The zero-order valence-electron chi connectivity index (χ0n) is 11.0. The summed E-state index contributed by atoms with van der Waals surface area (Å²) in [6, 6.07) is 11.0. The molecule has 7 heteroatoms. The molecule has 0 saturated heterocycles. The predicted octanol–water partition coefficient (Wildman–Crippen LogP) is 3.33. The Hall–Kier alpha value is -1.86. The lowest BCUT2D eigenvalue weighted by Crippen LogP contribution is -2.11. The van der Waals surface area contributed by atoms with Crippen LogP contribution in [-0.4, -0.2) is 19.8 Å². The maximum absolute atomic E-state index is 12.2. The molecule has 0 aliphatic heterocycles. The van der Waals surface area contributed by atoms with Crippen molar-refractivity contribution in [2.75, 3.05) is 0 Å². The average Bonchev–Trinajstić information content (AvgIpc) is 2.42. The molecule has 110 valence electrons. The second-order valence-corrected chi connectivity index (χ2v) is 6.74. The molecule has 0 aromatic heterocycles. The molecule has 2 rings (SSSR count). The molecular weight excluding hydrogens is 358 g/mol. The second-order valence-electron chi connectivity index (χ2n) is 4.28. The summed E-state index contributed by atoms with van der Waals surface area (Å²) in [4.78, 5) is 0.0582. The minimum atomic E-state index is -3.94. The summed E-state index contributed by atoms with van der Waals surface area (Å²) in [5, 5.41) is 11.5. The largest absolute Gasteiger partial charge is 0.411 e. The summed E-state index contributed by atoms with van der Waals surface area (Å²) < 4.78 is 30.2. The molecule has 0 amide bonds. The lowest BCUT2D eigenvalue weighted by molar-refractivity contribution is 0.321. The summed E-state index contributed by atoms with van der Waals surface area (Å²) in [6.07, 6.45) is 1.10. The minimum absolute atomic E-state index is 0.0582. The van der Waals surface area contributed by atoms with Crippen LogP contribution >= 0.6 is 15.9 Å². The Bertz CT molecular complexity index is 770. The zero-order valence-corrected chi connectivity index (χ0v) is 13.4. The summed E-state index contributed by atoms with van der Waals surface area (Å²) in [5.74, 6) is 0.0802. The topological polar surface area (TPSA) is 76.0 Å². The molecule has 5 nitrogen and oxygen atoms in total. The van der Waals surface area contributed by atoms with Crippen molar-refractivity contribution in [3.63, 3.8) is 0 Å². The van der Waals surface area contributed by atoms with Crippen molar-refractivity contribution >= 4 is 32.3 Å². The van der Waals surface area contributed by atoms with Crippen molar-refractivity contribution in [2.24, 2.45) is 5.16 Å². The molecule has 0 saturated carbocycles.